The third kappa shape index (κ3) is 3.32. The quantitative estimate of drug-likeness (QED) is 0.672. The molecule has 2 atom stereocenters. The van der Waals surface area contributed by atoms with Crippen LogP contribution in [0.4, 0.5) is 5.69 Å². The number of nitrogens with zero attached hydrogens (tertiary/aromatic N) is 2. The Morgan fingerprint density at radius 2 is 1.84 bits per heavy atom. The number of rotatable bonds is 3. The van der Waals surface area contributed by atoms with Crippen LogP contribution in [-0.4, -0.2) is 66.9 Å². The van der Waals surface area contributed by atoms with Crippen molar-refractivity contribution >= 4 is 29.3 Å². The van der Waals surface area contributed by atoms with E-state index in [2.05, 4.69) is 10.2 Å². The molecule has 4 amide bonds. The summed E-state index contributed by atoms with van der Waals surface area (Å²) in [6, 6.07) is 4.35. The number of benzene rings is 1. The number of nitrogens with one attached hydrogen (secondary N) is 1. The van der Waals surface area contributed by atoms with Gasteiger partial charge in [-0.1, -0.05) is 0 Å². The normalized spacial score (nSPS) is 27.8. The first-order valence-corrected chi connectivity index (χ1v) is 10.8. The first-order chi connectivity index (χ1) is 14.9. The second-order valence-corrected chi connectivity index (χ2v) is 9.04. The molecule has 0 aliphatic carbocycles. The molecular weight excluding hydrogens is 400 g/mol. The molecule has 2 unspecified atom stereocenters. The lowest BCUT2D eigenvalue weighted by Crippen LogP contribution is -2.54. The number of ether oxygens (including phenoxy) is 1. The zero-order valence-electron chi connectivity index (χ0n) is 17.3. The van der Waals surface area contributed by atoms with Gasteiger partial charge in [0, 0.05) is 31.7 Å². The van der Waals surface area contributed by atoms with Gasteiger partial charge in [-0.05, 0) is 49.3 Å². The number of piperidine rings is 2. The van der Waals surface area contributed by atoms with Crippen molar-refractivity contribution in [3.05, 3.63) is 29.3 Å². The molecule has 31 heavy (non-hydrogen) atoms. The zero-order chi connectivity index (χ0) is 21.8. The summed E-state index contributed by atoms with van der Waals surface area (Å²) >= 11 is 0. The van der Waals surface area contributed by atoms with E-state index in [-0.39, 0.29) is 30.3 Å². The van der Waals surface area contributed by atoms with Crippen molar-refractivity contribution in [1.29, 1.82) is 0 Å². The standard InChI is InChI=1S/C22H26N4O5/c23-11-14-10-22(12-31-14)5-7-25(8-6-22)13-1-2-15-16(9-13)21(30)26(20(15)29)17-3-4-18(27)24-19(17)28/h1-2,9,14,17H,3-8,10-12,23H2,(H,24,27,28). The van der Waals surface area contributed by atoms with E-state index in [1.807, 2.05) is 6.07 Å². The van der Waals surface area contributed by atoms with E-state index in [0.717, 1.165) is 49.5 Å². The van der Waals surface area contributed by atoms with Gasteiger partial charge in [0.1, 0.15) is 6.04 Å². The zero-order valence-corrected chi connectivity index (χ0v) is 17.3. The van der Waals surface area contributed by atoms with Crippen LogP contribution in [0.15, 0.2) is 18.2 Å². The molecule has 4 aliphatic rings. The number of amides is 4. The molecular formula is C22H26N4O5. The molecule has 0 aromatic heterocycles. The van der Waals surface area contributed by atoms with Crippen molar-refractivity contribution in [2.75, 3.05) is 31.1 Å². The number of hydrogen-bond acceptors (Lipinski definition) is 7. The minimum Gasteiger partial charge on any atom is -0.376 e. The van der Waals surface area contributed by atoms with Crippen molar-refractivity contribution < 1.29 is 23.9 Å². The molecule has 1 spiro atoms. The van der Waals surface area contributed by atoms with Crippen LogP contribution in [0.5, 0.6) is 0 Å². The smallest absolute Gasteiger partial charge is 0.262 e. The summed E-state index contributed by atoms with van der Waals surface area (Å²) in [5.41, 5.74) is 7.47. The number of anilines is 1. The minimum absolute atomic E-state index is 0.110. The average molecular weight is 426 g/mol. The SMILES string of the molecule is NCC1CC2(CCN(c3ccc4c(c3)C(=O)N(C3CCC(=O)NC3=O)C4=O)CC2)CO1. The highest BCUT2D eigenvalue weighted by Gasteiger charge is 2.45. The molecule has 1 aromatic carbocycles. The highest BCUT2D eigenvalue weighted by molar-refractivity contribution is 6.23. The van der Waals surface area contributed by atoms with Crippen LogP contribution in [0.1, 0.15) is 52.8 Å². The summed E-state index contributed by atoms with van der Waals surface area (Å²) in [7, 11) is 0. The second-order valence-electron chi connectivity index (χ2n) is 9.04. The Labute approximate surface area is 179 Å². The van der Waals surface area contributed by atoms with E-state index in [1.54, 1.807) is 12.1 Å². The predicted octanol–water partition coefficient (Wildman–Crippen LogP) is 0.422. The Kier molecular flexibility index (Phi) is 4.82. The minimum atomic E-state index is -0.943. The first-order valence-electron chi connectivity index (χ1n) is 10.8. The molecule has 0 bridgehead atoms. The molecule has 0 radical (unpaired) electrons. The Morgan fingerprint density at radius 3 is 2.52 bits per heavy atom. The monoisotopic (exact) mass is 426 g/mol. The fourth-order valence-corrected chi connectivity index (χ4v) is 5.29. The lowest BCUT2D eigenvalue weighted by Gasteiger charge is -2.39. The van der Waals surface area contributed by atoms with Gasteiger partial charge in [0.25, 0.3) is 11.8 Å². The molecule has 0 saturated carbocycles. The summed E-state index contributed by atoms with van der Waals surface area (Å²) in [5, 5.41) is 2.22. The van der Waals surface area contributed by atoms with Gasteiger partial charge in [-0.25, -0.2) is 0 Å². The Balaban J connectivity index is 1.32. The maximum Gasteiger partial charge on any atom is 0.262 e. The van der Waals surface area contributed by atoms with Gasteiger partial charge in [0.2, 0.25) is 11.8 Å². The second kappa shape index (κ2) is 7.42. The van der Waals surface area contributed by atoms with Crippen molar-refractivity contribution in [3.63, 3.8) is 0 Å². The Bertz CT molecular complexity index is 969. The van der Waals surface area contributed by atoms with Crippen LogP contribution in [-0.2, 0) is 14.3 Å². The van der Waals surface area contributed by atoms with Crippen LogP contribution in [0.3, 0.4) is 0 Å². The fourth-order valence-electron chi connectivity index (χ4n) is 5.29. The molecule has 3 fully saturated rings. The predicted molar refractivity (Wildman–Crippen MR) is 110 cm³/mol. The fraction of sp³-hybridized carbons (Fsp3) is 0.545. The Hall–Kier alpha value is -2.78. The number of nitrogens with two attached hydrogens (primary N) is 1. The van der Waals surface area contributed by atoms with Crippen LogP contribution in [0, 0.1) is 5.41 Å². The van der Waals surface area contributed by atoms with Gasteiger partial charge in [-0.3, -0.25) is 29.4 Å². The van der Waals surface area contributed by atoms with Gasteiger partial charge < -0.3 is 15.4 Å². The molecule has 164 valence electrons. The number of carbonyl (C=O) groups excluding carboxylic acids is 4. The lowest BCUT2D eigenvalue weighted by molar-refractivity contribution is -0.136. The van der Waals surface area contributed by atoms with Crippen LogP contribution >= 0.6 is 0 Å². The number of imide groups is 2. The highest BCUT2D eigenvalue weighted by Crippen LogP contribution is 2.43. The van der Waals surface area contributed by atoms with E-state index >= 15 is 0 Å². The van der Waals surface area contributed by atoms with Gasteiger partial charge in [0.05, 0.1) is 23.8 Å². The van der Waals surface area contributed by atoms with Gasteiger partial charge in [0.15, 0.2) is 0 Å². The molecule has 4 aliphatic heterocycles. The third-order valence-corrected chi connectivity index (χ3v) is 7.16. The van der Waals surface area contributed by atoms with E-state index < -0.39 is 23.8 Å². The van der Waals surface area contributed by atoms with E-state index in [4.69, 9.17) is 10.5 Å². The maximum atomic E-state index is 13.0. The number of hydrogen-bond donors (Lipinski definition) is 2. The van der Waals surface area contributed by atoms with Crippen molar-refractivity contribution in [1.82, 2.24) is 10.2 Å². The Morgan fingerprint density at radius 1 is 1.10 bits per heavy atom. The summed E-state index contributed by atoms with van der Waals surface area (Å²) < 4.78 is 5.82. The number of fused-ring (bicyclic) bond motifs is 1. The lowest BCUT2D eigenvalue weighted by atomic mass is 9.76. The molecule has 4 heterocycles. The van der Waals surface area contributed by atoms with E-state index in [1.165, 1.54) is 0 Å². The topological polar surface area (TPSA) is 122 Å². The molecule has 5 rings (SSSR count). The van der Waals surface area contributed by atoms with Crippen molar-refractivity contribution in [2.45, 2.75) is 44.2 Å². The number of carbonyl (C=O) groups is 4. The molecule has 9 heteroatoms. The van der Waals surface area contributed by atoms with Gasteiger partial charge in [-0.15, -0.1) is 0 Å². The van der Waals surface area contributed by atoms with E-state index in [9.17, 15) is 19.2 Å². The van der Waals surface area contributed by atoms with Gasteiger partial charge >= 0.3 is 0 Å². The third-order valence-electron chi connectivity index (χ3n) is 7.16. The summed E-state index contributed by atoms with van der Waals surface area (Å²) in [5.74, 6) is -1.93. The first kappa shape index (κ1) is 20.1. The van der Waals surface area contributed by atoms with Gasteiger partial charge in [-0.2, -0.15) is 0 Å². The van der Waals surface area contributed by atoms with E-state index in [0.29, 0.717) is 17.7 Å². The molecule has 9 nitrogen and oxygen atoms in total. The molecule has 3 saturated heterocycles. The summed E-state index contributed by atoms with van der Waals surface area (Å²) in [4.78, 5) is 52.8. The van der Waals surface area contributed by atoms with Crippen molar-refractivity contribution in [3.8, 4) is 0 Å². The largest absolute Gasteiger partial charge is 0.376 e. The summed E-state index contributed by atoms with van der Waals surface area (Å²) in [6.07, 6.45) is 3.40. The average Bonchev–Trinajstić information content (AvgIpc) is 3.28. The molecule has 3 N–H and O–H groups in total. The van der Waals surface area contributed by atoms with Crippen molar-refractivity contribution in [2.24, 2.45) is 11.1 Å². The maximum absolute atomic E-state index is 13.0. The molecule has 1 aromatic rings. The summed E-state index contributed by atoms with van der Waals surface area (Å²) in [6.45, 7) is 2.99. The van der Waals surface area contributed by atoms with Crippen LogP contribution < -0.4 is 16.0 Å². The van der Waals surface area contributed by atoms with Crippen LogP contribution in [0.2, 0.25) is 0 Å². The highest BCUT2D eigenvalue weighted by atomic mass is 16.5. The van der Waals surface area contributed by atoms with Crippen LogP contribution in [0.25, 0.3) is 0 Å².